The summed E-state index contributed by atoms with van der Waals surface area (Å²) in [6.07, 6.45) is 0.414. The third-order valence-electron chi connectivity index (χ3n) is 3.55. The summed E-state index contributed by atoms with van der Waals surface area (Å²) in [5, 5.41) is 5.55. The van der Waals surface area contributed by atoms with Crippen LogP contribution in [0.4, 0.5) is 0 Å². The van der Waals surface area contributed by atoms with E-state index in [1.54, 1.807) is 7.05 Å². The van der Waals surface area contributed by atoms with Crippen LogP contribution < -0.4 is 10.9 Å². The van der Waals surface area contributed by atoms with Crippen LogP contribution in [0.1, 0.15) is 24.7 Å². The van der Waals surface area contributed by atoms with Crippen LogP contribution in [-0.4, -0.2) is 45.5 Å². The topological polar surface area (TPSA) is 82.5 Å². The van der Waals surface area contributed by atoms with E-state index >= 15 is 0 Å². The van der Waals surface area contributed by atoms with Gasteiger partial charge in [-0.2, -0.15) is 0 Å². The van der Waals surface area contributed by atoms with Gasteiger partial charge in [0.05, 0.1) is 5.69 Å². The zero-order valence-electron chi connectivity index (χ0n) is 12.8. The van der Waals surface area contributed by atoms with Gasteiger partial charge in [-0.15, -0.1) is 0 Å². The third kappa shape index (κ3) is 3.49. The number of carbonyl (C=O) groups is 1. The van der Waals surface area contributed by atoms with E-state index in [1.165, 1.54) is 10.6 Å². The van der Waals surface area contributed by atoms with Crippen molar-refractivity contribution in [3.63, 3.8) is 0 Å². The number of H-pyrrole nitrogens is 1. The first-order valence-electron chi connectivity index (χ1n) is 6.90. The first kappa shape index (κ1) is 15.2. The maximum atomic E-state index is 12.0. The quantitative estimate of drug-likeness (QED) is 0.829. The second kappa shape index (κ2) is 6.09. The second-order valence-corrected chi connectivity index (χ2v) is 5.36. The number of aryl methyl sites for hydroxylation is 1. The van der Waals surface area contributed by atoms with Crippen LogP contribution in [0.15, 0.2) is 16.9 Å². The number of hydrogen-bond donors (Lipinski definition) is 2. The average molecular weight is 291 g/mol. The van der Waals surface area contributed by atoms with Crippen molar-refractivity contribution in [2.24, 2.45) is 0 Å². The molecular formula is C14H21N5O2. The maximum absolute atomic E-state index is 12.0. The lowest BCUT2D eigenvalue weighted by Gasteiger charge is -2.23. The minimum atomic E-state index is -0.129. The van der Waals surface area contributed by atoms with Crippen molar-refractivity contribution in [1.82, 2.24) is 24.8 Å². The molecule has 21 heavy (non-hydrogen) atoms. The van der Waals surface area contributed by atoms with Crippen LogP contribution >= 0.6 is 0 Å². The molecule has 0 aromatic carbocycles. The molecule has 0 aliphatic carbocycles. The summed E-state index contributed by atoms with van der Waals surface area (Å²) in [6.45, 7) is 4.38. The molecule has 2 N–H and O–H groups in total. The molecule has 0 aliphatic heterocycles. The molecule has 2 rings (SSSR count). The zero-order valence-corrected chi connectivity index (χ0v) is 12.8. The first-order chi connectivity index (χ1) is 9.90. The van der Waals surface area contributed by atoms with E-state index in [4.69, 9.17) is 0 Å². The lowest BCUT2D eigenvalue weighted by Crippen LogP contribution is -2.34. The minimum absolute atomic E-state index is 0.000843. The minimum Gasteiger partial charge on any atom is -0.359 e. The summed E-state index contributed by atoms with van der Waals surface area (Å²) >= 11 is 0. The van der Waals surface area contributed by atoms with Crippen molar-refractivity contribution >= 4 is 11.6 Å². The van der Waals surface area contributed by atoms with Gasteiger partial charge in [0.25, 0.3) is 5.56 Å². The standard InChI is InChI=1S/C14H21N5O2/c1-9-5-12-16-11(7-14(21)19(12)17-9)8-18(4)10(2)6-13(20)15-3/h5,7,10,17H,6,8H2,1-4H3,(H,15,20). The van der Waals surface area contributed by atoms with Crippen LogP contribution in [0.25, 0.3) is 5.65 Å². The van der Waals surface area contributed by atoms with E-state index in [0.29, 0.717) is 24.3 Å². The van der Waals surface area contributed by atoms with Crippen molar-refractivity contribution in [3.8, 4) is 0 Å². The monoisotopic (exact) mass is 291 g/mol. The highest BCUT2D eigenvalue weighted by atomic mass is 16.1. The van der Waals surface area contributed by atoms with Gasteiger partial charge < -0.3 is 5.32 Å². The van der Waals surface area contributed by atoms with Crippen LogP contribution in [0, 0.1) is 6.92 Å². The summed E-state index contributed by atoms with van der Waals surface area (Å²) in [7, 11) is 3.54. The van der Waals surface area contributed by atoms with Crippen molar-refractivity contribution in [1.29, 1.82) is 0 Å². The van der Waals surface area contributed by atoms with Gasteiger partial charge in [0.1, 0.15) is 0 Å². The molecule has 114 valence electrons. The number of fused-ring (bicyclic) bond motifs is 1. The molecule has 2 aromatic heterocycles. The molecule has 0 saturated heterocycles. The highest BCUT2D eigenvalue weighted by Gasteiger charge is 2.14. The molecule has 1 unspecified atom stereocenters. The molecule has 0 bridgehead atoms. The number of nitrogens with zero attached hydrogens (tertiary/aromatic N) is 3. The molecule has 0 spiro atoms. The fourth-order valence-electron chi connectivity index (χ4n) is 2.18. The number of amides is 1. The van der Waals surface area contributed by atoms with Crippen molar-refractivity contribution < 1.29 is 4.79 Å². The predicted molar refractivity (Wildman–Crippen MR) is 80.2 cm³/mol. The van der Waals surface area contributed by atoms with Crippen LogP contribution in [-0.2, 0) is 11.3 Å². The third-order valence-corrected chi connectivity index (χ3v) is 3.55. The number of rotatable bonds is 5. The molecule has 1 atom stereocenters. The SMILES string of the molecule is CNC(=O)CC(C)N(C)Cc1cc(=O)n2[nH]c(C)cc2n1. The number of nitrogens with one attached hydrogen (secondary N) is 2. The molecule has 0 radical (unpaired) electrons. The van der Waals surface area contributed by atoms with Gasteiger partial charge in [-0.05, 0) is 20.9 Å². The second-order valence-electron chi connectivity index (χ2n) is 5.36. The molecular weight excluding hydrogens is 270 g/mol. The fraction of sp³-hybridized carbons (Fsp3) is 0.500. The van der Waals surface area contributed by atoms with E-state index in [2.05, 4.69) is 15.4 Å². The Morgan fingerprint density at radius 3 is 2.90 bits per heavy atom. The average Bonchev–Trinajstić information content (AvgIpc) is 2.79. The van der Waals surface area contributed by atoms with Gasteiger partial charge in [0.2, 0.25) is 5.91 Å². The van der Waals surface area contributed by atoms with Crippen molar-refractivity contribution in [2.45, 2.75) is 32.9 Å². The molecule has 2 aromatic rings. The fourth-order valence-corrected chi connectivity index (χ4v) is 2.18. The summed E-state index contributed by atoms with van der Waals surface area (Å²) in [6, 6.07) is 3.42. The van der Waals surface area contributed by atoms with Crippen LogP contribution in [0.2, 0.25) is 0 Å². The predicted octanol–water partition coefficient (Wildman–Crippen LogP) is 0.287. The molecule has 0 aliphatic rings. The van der Waals surface area contributed by atoms with Crippen LogP contribution in [0.5, 0.6) is 0 Å². The van der Waals surface area contributed by atoms with Crippen molar-refractivity contribution in [2.75, 3.05) is 14.1 Å². The Kier molecular flexibility index (Phi) is 4.42. The Morgan fingerprint density at radius 1 is 1.52 bits per heavy atom. The number of carbonyl (C=O) groups excluding carboxylic acids is 1. The van der Waals surface area contributed by atoms with Gasteiger partial charge >= 0.3 is 0 Å². The molecule has 1 amide bonds. The summed E-state index contributed by atoms with van der Waals surface area (Å²) in [5.74, 6) is -0.000843. The van der Waals surface area contributed by atoms with E-state index < -0.39 is 0 Å². The Bertz CT molecular complexity index is 703. The normalized spacial score (nSPS) is 12.8. The Labute approximate surface area is 123 Å². The van der Waals surface area contributed by atoms with Gasteiger partial charge in [0.15, 0.2) is 5.65 Å². The highest BCUT2D eigenvalue weighted by Crippen LogP contribution is 2.07. The smallest absolute Gasteiger partial charge is 0.272 e. The van der Waals surface area contributed by atoms with Crippen LogP contribution in [0.3, 0.4) is 0 Å². The lowest BCUT2D eigenvalue weighted by atomic mass is 10.2. The van der Waals surface area contributed by atoms with Crippen molar-refractivity contribution in [3.05, 3.63) is 33.9 Å². The summed E-state index contributed by atoms with van der Waals surface area (Å²) in [4.78, 5) is 29.9. The largest absolute Gasteiger partial charge is 0.359 e. The summed E-state index contributed by atoms with van der Waals surface area (Å²) < 4.78 is 1.42. The Hall–Kier alpha value is -2.15. The van der Waals surface area contributed by atoms with E-state index in [-0.39, 0.29) is 17.5 Å². The number of aromatic nitrogens is 3. The number of aromatic amines is 1. The van der Waals surface area contributed by atoms with Gasteiger partial charge in [0, 0.05) is 43.9 Å². The Balaban J connectivity index is 2.15. The highest BCUT2D eigenvalue weighted by molar-refractivity contribution is 5.76. The Morgan fingerprint density at radius 2 is 2.24 bits per heavy atom. The molecule has 0 saturated carbocycles. The lowest BCUT2D eigenvalue weighted by molar-refractivity contribution is -0.121. The molecule has 7 nitrogen and oxygen atoms in total. The number of hydrogen-bond acceptors (Lipinski definition) is 4. The maximum Gasteiger partial charge on any atom is 0.272 e. The van der Waals surface area contributed by atoms with Gasteiger partial charge in [-0.3, -0.25) is 19.6 Å². The van der Waals surface area contributed by atoms with E-state index in [0.717, 1.165) is 5.69 Å². The summed E-state index contributed by atoms with van der Waals surface area (Å²) in [5.41, 5.74) is 2.07. The van der Waals surface area contributed by atoms with E-state index in [1.807, 2.05) is 31.9 Å². The molecule has 0 fully saturated rings. The zero-order chi connectivity index (χ0) is 15.6. The first-order valence-corrected chi connectivity index (χ1v) is 6.90. The molecule has 7 heteroatoms. The van der Waals surface area contributed by atoms with Gasteiger partial charge in [-0.1, -0.05) is 0 Å². The van der Waals surface area contributed by atoms with E-state index in [9.17, 15) is 9.59 Å². The van der Waals surface area contributed by atoms with Gasteiger partial charge in [-0.25, -0.2) is 9.50 Å². The molecule has 2 heterocycles.